The highest BCUT2D eigenvalue weighted by Gasteiger charge is 2.41. The Morgan fingerprint density at radius 2 is 1.31 bits per heavy atom. The molecule has 0 aliphatic carbocycles. The number of ether oxygens (including phenoxy) is 3. The van der Waals surface area contributed by atoms with Crippen molar-refractivity contribution < 1.29 is 24.4 Å². The third-order valence-electron chi connectivity index (χ3n) is 8.38. The summed E-state index contributed by atoms with van der Waals surface area (Å²) < 4.78 is 17.2. The number of nitrogens with zero attached hydrogens (tertiary/aromatic N) is 3. The largest absolute Gasteiger partial charge is 0.389 e. The lowest BCUT2D eigenvalue weighted by Crippen LogP contribution is -2.60. The number of aliphatic hydroxyl groups is 2. The van der Waals surface area contributed by atoms with Gasteiger partial charge in [0.2, 0.25) is 0 Å². The minimum absolute atomic E-state index is 0.0769. The van der Waals surface area contributed by atoms with Crippen LogP contribution >= 0.6 is 0 Å². The van der Waals surface area contributed by atoms with E-state index < -0.39 is 11.8 Å². The lowest BCUT2D eigenvalue weighted by molar-refractivity contribution is -0.207. The third-order valence-corrected chi connectivity index (χ3v) is 8.38. The topological polar surface area (TPSA) is 77.9 Å². The molecule has 0 aromatic heterocycles. The molecular weight excluding hydrogens is 446 g/mol. The van der Waals surface area contributed by atoms with E-state index in [-0.39, 0.29) is 12.2 Å². The zero-order chi connectivity index (χ0) is 25.4. The Balaban J connectivity index is 1.54. The zero-order valence-corrected chi connectivity index (χ0v) is 23.0. The lowest BCUT2D eigenvalue weighted by atomic mass is 9.93. The molecule has 7 unspecified atom stereocenters. The summed E-state index contributed by atoms with van der Waals surface area (Å²) in [4.78, 5) is 7.21. The Hall–Kier alpha value is -0.320. The van der Waals surface area contributed by atoms with Crippen LogP contribution < -0.4 is 0 Å². The average Bonchev–Trinajstić information content (AvgIpc) is 2.82. The van der Waals surface area contributed by atoms with Gasteiger partial charge < -0.3 is 24.4 Å². The van der Waals surface area contributed by atoms with Gasteiger partial charge in [-0.05, 0) is 66.7 Å². The molecule has 3 aliphatic heterocycles. The molecule has 0 bridgehead atoms. The van der Waals surface area contributed by atoms with Crippen LogP contribution in [0.25, 0.3) is 0 Å². The van der Waals surface area contributed by atoms with Gasteiger partial charge in [-0.1, -0.05) is 6.42 Å². The van der Waals surface area contributed by atoms with Crippen LogP contribution in [0.4, 0.5) is 0 Å². The number of hydrogen-bond acceptors (Lipinski definition) is 8. The summed E-state index contributed by atoms with van der Waals surface area (Å²) in [6, 6.07) is 1.06. The second-order valence-corrected chi connectivity index (χ2v) is 11.4. The van der Waals surface area contributed by atoms with Gasteiger partial charge in [-0.3, -0.25) is 14.7 Å². The van der Waals surface area contributed by atoms with Crippen LogP contribution in [0.3, 0.4) is 0 Å². The fourth-order valence-electron chi connectivity index (χ4n) is 6.16. The summed E-state index contributed by atoms with van der Waals surface area (Å²) in [6.45, 7) is 18.0. The molecule has 0 radical (unpaired) electrons. The first-order valence-electron chi connectivity index (χ1n) is 14.2. The summed E-state index contributed by atoms with van der Waals surface area (Å²) in [5.41, 5.74) is -1.19. The van der Waals surface area contributed by atoms with Gasteiger partial charge >= 0.3 is 0 Å². The van der Waals surface area contributed by atoms with E-state index in [4.69, 9.17) is 14.2 Å². The molecule has 8 heteroatoms. The Labute approximate surface area is 213 Å². The van der Waals surface area contributed by atoms with Gasteiger partial charge in [-0.15, -0.1) is 0 Å². The van der Waals surface area contributed by atoms with Crippen molar-refractivity contribution in [2.24, 2.45) is 0 Å². The van der Waals surface area contributed by atoms with E-state index in [0.717, 1.165) is 52.2 Å². The minimum Gasteiger partial charge on any atom is -0.389 e. The second-order valence-electron chi connectivity index (χ2n) is 11.4. The predicted octanol–water partition coefficient (Wildman–Crippen LogP) is 2.32. The first kappa shape index (κ1) is 29.2. The van der Waals surface area contributed by atoms with E-state index in [2.05, 4.69) is 30.6 Å². The molecule has 3 fully saturated rings. The fraction of sp³-hybridized carbons (Fsp3) is 1.00. The maximum atomic E-state index is 11.5. The van der Waals surface area contributed by atoms with Gasteiger partial charge in [0, 0.05) is 51.4 Å². The van der Waals surface area contributed by atoms with Gasteiger partial charge in [-0.25, -0.2) is 0 Å². The Bertz CT molecular complexity index is 611. The monoisotopic (exact) mass is 499 g/mol. The van der Waals surface area contributed by atoms with Crippen LogP contribution in [0, 0.1) is 0 Å². The molecule has 3 rings (SSSR count). The quantitative estimate of drug-likeness (QED) is 0.424. The summed E-state index contributed by atoms with van der Waals surface area (Å²) in [5.74, 6) is 0. The van der Waals surface area contributed by atoms with E-state index in [9.17, 15) is 10.2 Å². The van der Waals surface area contributed by atoms with Crippen LogP contribution in [0.15, 0.2) is 0 Å². The number of morpholine rings is 3. The molecule has 3 aliphatic rings. The van der Waals surface area contributed by atoms with Gasteiger partial charge in [0.05, 0.1) is 44.2 Å². The molecular formula is C27H53N3O5. The van der Waals surface area contributed by atoms with E-state index in [1.54, 1.807) is 6.92 Å². The standard InChI is InChI=1S/C27H53N3O5/c1-21(28-12-15-33-22(2)18-28)8-6-9-26(29-13-16-34-23(3)19-29)10-7-11-27(32,25(5)31)30-14-17-35-24(4)20-30/h21-26,31-32H,6-20H2,1-5H3. The van der Waals surface area contributed by atoms with Gasteiger partial charge in [-0.2, -0.15) is 0 Å². The Morgan fingerprint density at radius 3 is 1.91 bits per heavy atom. The van der Waals surface area contributed by atoms with Gasteiger partial charge in [0.25, 0.3) is 0 Å². The molecule has 7 atom stereocenters. The number of aliphatic hydroxyl groups excluding tert-OH is 1. The summed E-state index contributed by atoms with van der Waals surface area (Å²) in [6.07, 6.45) is 5.94. The van der Waals surface area contributed by atoms with Crippen molar-refractivity contribution in [3.63, 3.8) is 0 Å². The van der Waals surface area contributed by atoms with Crippen molar-refractivity contribution in [2.75, 3.05) is 59.1 Å². The van der Waals surface area contributed by atoms with Crippen molar-refractivity contribution in [1.29, 1.82) is 0 Å². The number of rotatable bonds is 12. The highest BCUT2D eigenvalue weighted by atomic mass is 16.5. The minimum atomic E-state index is -1.19. The van der Waals surface area contributed by atoms with Crippen LogP contribution in [-0.2, 0) is 14.2 Å². The summed E-state index contributed by atoms with van der Waals surface area (Å²) >= 11 is 0. The molecule has 0 spiro atoms. The molecule has 35 heavy (non-hydrogen) atoms. The molecule has 2 N–H and O–H groups in total. The third kappa shape index (κ3) is 8.60. The van der Waals surface area contributed by atoms with Crippen LogP contribution in [0.2, 0.25) is 0 Å². The normalized spacial score (nSPS) is 32.1. The average molecular weight is 500 g/mol. The second kappa shape index (κ2) is 14.0. The molecule has 8 nitrogen and oxygen atoms in total. The summed E-state index contributed by atoms with van der Waals surface area (Å²) in [7, 11) is 0. The first-order chi connectivity index (χ1) is 16.7. The lowest BCUT2D eigenvalue weighted by Gasteiger charge is -2.45. The molecule has 3 saturated heterocycles. The van der Waals surface area contributed by atoms with Crippen LogP contribution in [0.1, 0.15) is 73.1 Å². The maximum absolute atomic E-state index is 11.5. The number of hydrogen-bond donors (Lipinski definition) is 2. The molecule has 206 valence electrons. The van der Waals surface area contributed by atoms with E-state index in [0.29, 0.717) is 44.3 Å². The molecule has 0 saturated carbocycles. The van der Waals surface area contributed by atoms with Crippen molar-refractivity contribution >= 4 is 0 Å². The van der Waals surface area contributed by atoms with Crippen molar-refractivity contribution in [3.8, 4) is 0 Å². The van der Waals surface area contributed by atoms with Crippen molar-refractivity contribution in [2.45, 2.75) is 115 Å². The van der Waals surface area contributed by atoms with Crippen molar-refractivity contribution in [3.05, 3.63) is 0 Å². The van der Waals surface area contributed by atoms with E-state index in [1.807, 2.05) is 11.8 Å². The first-order valence-corrected chi connectivity index (χ1v) is 14.2. The van der Waals surface area contributed by atoms with Crippen LogP contribution in [0.5, 0.6) is 0 Å². The summed E-state index contributed by atoms with van der Waals surface area (Å²) in [5, 5.41) is 22.0. The SMILES string of the molecule is CC1CN(C(C)CCCC(CCCC(O)(C(C)O)N2CCOC(C)C2)N2CCOC(C)C2)CCO1. The highest BCUT2D eigenvalue weighted by Crippen LogP contribution is 2.28. The van der Waals surface area contributed by atoms with Crippen molar-refractivity contribution in [1.82, 2.24) is 14.7 Å². The molecule has 0 aromatic rings. The smallest absolute Gasteiger partial charge is 0.144 e. The molecule has 0 amide bonds. The predicted molar refractivity (Wildman–Crippen MR) is 139 cm³/mol. The maximum Gasteiger partial charge on any atom is 0.144 e. The van der Waals surface area contributed by atoms with Crippen LogP contribution in [-0.4, -0.2) is 126 Å². The fourth-order valence-corrected chi connectivity index (χ4v) is 6.16. The Morgan fingerprint density at radius 1 is 0.771 bits per heavy atom. The Kier molecular flexibility index (Phi) is 11.7. The van der Waals surface area contributed by atoms with Gasteiger partial charge in [0.1, 0.15) is 5.72 Å². The molecule has 0 aromatic carbocycles. The molecule has 3 heterocycles. The highest BCUT2D eigenvalue weighted by molar-refractivity contribution is 4.88. The van der Waals surface area contributed by atoms with Gasteiger partial charge in [0.15, 0.2) is 0 Å². The van der Waals surface area contributed by atoms with E-state index >= 15 is 0 Å². The van der Waals surface area contributed by atoms with E-state index in [1.165, 1.54) is 19.3 Å². The zero-order valence-electron chi connectivity index (χ0n) is 23.0.